The van der Waals surface area contributed by atoms with Gasteiger partial charge < -0.3 is 28.4 Å². The van der Waals surface area contributed by atoms with Crippen molar-refractivity contribution >= 4 is 23.4 Å². The first-order chi connectivity index (χ1) is 22.4. The molecule has 2 heterocycles. The van der Waals surface area contributed by atoms with Crippen molar-refractivity contribution in [3.63, 3.8) is 0 Å². The van der Waals surface area contributed by atoms with Gasteiger partial charge in [-0.25, -0.2) is 9.79 Å². The van der Waals surface area contributed by atoms with E-state index in [1.165, 1.54) is 23.0 Å². The van der Waals surface area contributed by atoms with E-state index in [4.69, 9.17) is 28.4 Å². The smallest absolute Gasteiger partial charge is 0.338 e. The Morgan fingerprint density at radius 2 is 1.67 bits per heavy atom. The largest absolute Gasteiger partial charge is 0.497 e. The van der Waals surface area contributed by atoms with Crippen molar-refractivity contribution in [2.45, 2.75) is 26.5 Å². The fourth-order valence-corrected chi connectivity index (χ4v) is 6.13. The van der Waals surface area contributed by atoms with Crippen LogP contribution in [-0.2, 0) is 20.9 Å². The number of ether oxygens (including phenoxy) is 6. The Morgan fingerprint density at radius 1 is 0.935 bits per heavy atom. The number of rotatable bonds is 13. The fraction of sp³-hybridized carbons (Fsp3) is 0.286. The van der Waals surface area contributed by atoms with Gasteiger partial charge in [-0.05, 0) is 61.4 Å². The molecule has 0 amide bonds. The van der Waals surface area contributed by atoms with Crippen LogP contribution < -0.4 is 33.8 Å². The lowest BCUT2D eigenvalue weighted by Crippen LogP contribution is -2.40. The van der Waals surface area contributed by atoms with Crippen LogP contribution in [0.25, 0.3) is 6.08 Å². The van der Waals surface area contributed by atoms with E-state index in [9.17, 15) is 9.59 Å². The van der Waals surface area contributed by atoms with Crippen LogP contribution in [0.5, 0.6) is 23.0 Å². The number of hydrogen-bond acceptors (Lipinski definition) is 10. The fourth-order valence-electron chi connectivity index (χ4n) is 5.08. The summed E-state index contributed by atoms with van der Waals surface area (Å²) in [6.45, 7) is 4.65. The van der Waals surface area contributed by atoms with Crippen molar-refractivity contribution in [2.24, 2.45) is 4.99 Å². The van der Waals surface area contributed by atoms with E-state index in [0.29, 0.717) is 51.1 Å². The summed E-state index contributed by atoms with van der Waals surface area (Å²) in [5.41, 5.74) is 2.80. The Kier molecular flexibility index (Phi) is 10.6. The second-order valence-electron chi connectivity index (χ2n) is 10.2. The molecule has 0 saturated heterocycles. The highest BCUT2D eigenvalue weighted by atomic mass is 32.1. The van der Waals surface area contributed by atoms with Crippen molar-refractivity contribution in [1.29, 1.82) is 0 Å². The Morgan fingerprint density at radius 3 is 2.35 bits per heavy atom. The molecule has 11 heteroatoms. The predicted molar refractivity (Wildman–Crippen MR) is 175 cm³/mol. The van der Waals surface area contributed by atoms with E-state index in [2.05, 4.69) is 4.99 Å². The molecule has 1 atom stereocenters. The zero-order valence-electron chi connectivity index (χ0n) is 26.4. The summed E-state index contributed by atoms with van der Waals surface area (Å²) in [5, 5.41) is 0. The second kappa shape index (κ2) is 14.9. The minimum absolute atomic E-state index is 0.0550. The van der Waals surface area contributed by atoms with Gasteiger partial charge >= 0.3 is 5.97 Å². The first-order valence-corrected chi connectivity index (χ1v) is 15.5. The molecule has 0 N–H and O–H groups in total. The van der Waals surface area contributed by atoms with Crippen molar-refractivity contribution in [2.75, 3.05) is 41.2 Å². The number of nitrogens with zero attached hydrogens (tertiary/aromatic N) is 2. The zero-order chi connectivity index (χ0) is 32.6. The summed E-state index contributed by atoms with van der Waals surface area (Å²) < 4.78 is 35.3. The monoisotopic (exact) mass is 644 g/mol. The van der Waals surface area contributed by atoms with Gasteiger partial charge in [0.2, 0.25) is 0 Å². The molecule has 4 aromatic rings. The summed E-state index contributed by atoms with van der Waals surface area (Å²) in [7, 11) is 4.70. The van der Waals surface area contributed by atoms with Gasteiger partial charge in [0.1, 0.15) is 30.8 Å². The molecule has 1 aliphatic rings. The molecule has 1 aliphatic heterocycles. The first-order valence-electron chi connectivity index (χ1n) is 14.7. The molecule has 0 fully saturated rings. The van der Waals surface area contributed by atoms with Crippen LogP contribution in [0.4, 0.5) is 0 Å². The highest BCUT2D eigenvalue weighted by Crippen LogP contribution is 2.40. The number of thiazole rings is 1. The van der Waals surface area contributed by atoms with Crippen LogP contribution in [0.1, 0.15) is 36.6 Å². The molecule has 240 valence electrons. The third-order valence-electron chi connectivity index (χ3n) is 7.32. The van der Waals surface area contributed by atoms with E-state index in [-0.39, 0.29) is 24.3 Å². The van der Waals surface area contributed by atoms with Crippen LogP contribution in [0, 0.1) is 0 Å². The molecule has 0 radical (unpaired) electrons. The van der Waals surface area contributed by atoms with Crippen LogP contribution >= 0.6 is 11.3 Å². The summed E-state index contributed by atoms with van der Waals surface area (Å²) >= 11 is 1.25. The molecule has 0 unspecified atom stereocenters. The van der Waals surface area contributed by atoms with Gasteiger partial charge in [0.15, 0.2) is 16.3 Å². The summed E-state index contributed by atoms with van der Waals surface area (Å²) in [6, 6.07) is 19.7. The SMILES string of the molecule is CCOc1c(OC)cccc1[C@@H]1C(C(=O)OCCOC)=C(C)N=c2s/c(=C/c3ccc(OCc4ccc(OC)cc4)cc3)c(=O)n21. The van der Waals surface area contributed by atoms with Gasteiger partial charge in [0.05, 0.1) is 43.2 Å². The Labute approximate surface area is 270 Å². The number of esters is 1. The Hall–Kier alpha value is -4.87. The quantitative estimate of drug-likeness (QED) is 0.156. The molecule has 1 aromatic heterocycles. The highest BCUT2D eigenvalue weighted by molar-refractivity contribution is 7.07. The molecular formula is C35H36N2O8S. The third-order valence-corrected chi connectivity index (χ3v) is 8.30. The summed E-state index contributed by atoms with van der Waals surface area (Å²) in [6.07, 6.45) is 1.80. The zero-order valence-corrected chi connectivity index (χ0v) is 27.2. The number of hydrogen-bond donors (Lipinski definition) is 0. The van der Waals surface area contributed by atoms with Gasteiger partial charge in [-0.3, -0.25) is 9.36 Å². The number of carbonyl (C=O) groups excluding carboxylic acids is 1. The van der Waals surface area contributed by atoms with Crippen molar-refractivity contribution < 1.29 is 33.2 Å². The number of aromatic nitrogens is 1. The number of fused-ring (bicyclic) bond motifs is 1. The predicted octanol–water partition coefficient (Wildman–Crippen LogP) is 4.42. The molecule has 0 aliphatic carbocycles. The summed E-state index contributed by atoms with van der Waals surface area (Å²) in [5.74, 6) is 1.82. The Balaban J connectivity index is 1.52. The van der Waals surface area contributed by atoms with Gasteiger partial charge in [0, 0.05) is 12.7 Å². The van der Waals surface area contributed by atoms with Gasteiger partial charge in [0.25, 0.3) is 5.56 Å². The number of benzene rings is 3. The van der Waals surface area contributed by atoms with Gasteiger partial charge in [-0.2, -0.15) is 0 Å². The molecule has 5 rings (SSSR count). The lowest BCUT2D eigenvalue weighted by Gasteiger charge is -2.27. The number of para-hydroxylation sites is 1. The highest BCUT2D eigenvalue weighted by Gasteiger charge is 2.36. The number of methoxy groups -OCH3 is 3. The second-order valence-corrected chi connectivity index (χ2v) is 11.2. The van der Waals surface area contributed by atoms with Crippen molar-refractivity contribution in [1.82, 2.24) is 4.57 Å². The van der Waals surface area contributed by atoms with Crippen LogP contribution in [0.15, 0.2) is 87.8 Å². The minimum atomic E-state index is -0.862. The van der Waals surface area contributed by atoms with Crippen molar-refractivity contribution in [3.8, 4) is 23.0 Å². The van der Waals surface area contributed by atoms with E-state index in [1.54, 1.807) is 39.4 Å². The topological polar surface area (TPSA) is 107 Å². The molecular weight excluding hydrogens is 608 g/mol. The average Bonchev–Trinajstić information content (AvgIpc) is 3.37. The molecule has 10 nitrogen and oxygen atoms in total. The average molecular weight is 645 g/mol. The van der Waals surface area contributed by atoms with E-state index >= 15 is 0 Å². The molecule has 3 aromatic carbocycles. The third kappa shape index (κ3) is 7.00. The maximum atomic E-state index is 14.1. The van der Waals surface area contributed by atoms with Crippen LogP contribution in [0.2, 0.25) is 0 Å². The Bertz CT molecular complexity index is 1890. The van der Waals surface area contributed by atoms with E-state index < -0.39 is 12.0 Å². The molecule has 0 spiro atoms. The van der Waals surface area contributed by atoms with E-state index in [0.717, 1.165) is 16.9 Å². The van der Waals surface area contributed by atoms with E-state index in [1.807, 2.05) is 61.5 Å². The molecule has 0 bridgehead atoms. The van der Waals surface area contributed by atoms with Gasteiger partial charge in [-0.1, -0.05) is 47.7 Å². The van der Waals surface area contributed by atoms with Gasteiger partial charge in [-0.15, -0.1) is 0 Å². The lowest BCUT2D eigenvalue weighted by molar-refractivity contribution is -0.140. The lowest BCUT2D eigenvalue weighted by atomic mass is 9.94. The first kappa shape index (κ1) is 32.5. The minimum Gasteiger partial charge on any atom is -0.497 e. The number of carbonyl (C=O) groups is 1. The summed E-state index contributed by atoms with van der Waals surface area (Å²) in [4.78, 5) is 32.8. The van der Waals surface area contributed by atoms with Crippen LogP contribution in [0.3, 0.4) is 0 Å². The standard InChI is InChI=1S/C35H36N2O8S/c1-6-43-32-27(8-7-9-28(32)42-5)31-30(34(39)44-19-18-40-3)22(2)36-35-37(31)33(38)29(46-35)20-23-10-16-26(17-11-23)45-21-24-12-14-25(41-4)15-13-24/h7-17,20,31H,6,18-19,21H2,1-5H3/b29-20+/t31-/m1/s1. The maximum absolute atomic E-state index is 14.1. The maximum Gasteiger partial charge on any atom is 0.338 e. The normalized spacial score (nSPS) is 14.4. The molecule has 46 heavy (non-hydrogen) atoms. The number of allylic oxidation sites excluding steroid dienone is 1. The van der Waals surface area contributed by atoms with Crippen molar-refractivity contribution in [3.05, 3.63) is 114 Å². The van der Waals surface area contributed by atoms with Crippen LogP contribution in [-0.4, -0.2) is 51.7 Å². The molecule has 0 saturated carbocycles.